The fourth-order valence-corrected chi connectivity index (χ4v) is 4.18. The Labute approximate surface area is 179 Å². The monoisotopic (exact) mass is 415 g/mol. The number of hydrogen-bond donors (Lipinski definition) is 1. The van der Waals surface area contributed by atoms with Crippen LogP contribution in [0.25, 0.3) is 5.76 Å². The first-order valence-corrected chi connectivity index (χ1v) is 10.2. The molecule has 1 saturated heterocycles. The first-order valence-electron chi connectivity index (χ1n) is 10.2. The summed E-state index contributed by atoms with van der Waals surface area (Å²) in [5, 5.41) is 11.2. The number of furan rings is 1. The van der Waals surface area contributed by atoms with E-state index in [1.807, 2.05) is 25.1 Å². The van der Waals surface area contributed by atoms with E-state index in [1.165, 1.54) is 11.2 Å². The number of aliphatic hydroxyl groups is 1. The third-order valence-electron chi connectivity index (χ3n) is 5.75. The number of Topliss-reactive ketones (excluding diaryl/α,β-unsaturated/α-hetero) is 1. The minimum absolute atomic E-state index is 0.0113. The van der Waals surface area contributed by atoms with Gasteiger partial charge in [-0.3, -0.25) is 14.5 Å². The summed E-state index contributed by atoms with van der Waals surface area (Å²) < 4.78 is 11.2. The molecule has 0 saturated carbocycles. The number of carbonyl (C=O) groups excluding carboxylic acids is 2. The van der Waals surface area contributed by atoms with E-state index in [4.69, 9.17) is 9.15 Å². The summed E-state index contributed by atoms with van der Waals surface area (Å²) in [6.07, 6.45) is 3.21. The fourth-order valence-electron chi connectivity index (χ4n) is 4.18. The highest BCUT2D eigenvalue weighted by molar-refractivity contribution is 6.51. The predicted molar refractivity (Wildman–Crippen MR) is 115 cm³/mol. The van der Waals surface area contributed by atoms with Gasteiger partial charge in [-0.25, -0.2) is 0 Å². The second kappa shape index (κ2) is 7.47. The molecule has 2 aliphatic rings. The van der Waals surface area contributed by atoms with Crippen molar-refractivity contribution in [2.24, 2.45) is 0 Å². The number of hydrogen-bond acceptors (Lipinski definition) is 5. The number of aliphatic hydroxyl groups excluding tert-OH is 1. The van der Waals surface area contributed by atoms with Gasteiger partial charge in [-0.15, -0.1) is 0 Å². The molecule has 156 valence electrons. The van der Waals surface area contributed by atoms with E-state index in [-0.39, 0.29) is 11.3 Å². The number of rotatable bonds is 3. The van der Waals surface area contributed by atoms with Crippen LogP contribution in [0.1, 0.15) is 34.9 Å². The molecular weight excluding hydrogens is 394 g/mol. The first-order chi connectivity index (χ1) is 15.0. The highest BCUT2D eigenvalue weighted by Gasteiger charge is 2.48. The molecule has 1 N–H and O–H groups in total. The van der Waals surface area contributed by atoms with Crippen molar-refractivity contribution in [1.82, 2.24) is 0 Å². The van der Waals surface area contributed by atoms with Crippen LogP contribution in [0.2, 0.25) is 0 Å². The molecule has 3 heterocycles. The van der Waals surface area contributed by atoms with E-state index in [1.54, 1.807) is 36.4 Å². The van der Waals surface area contributed by atoms with Crippen molar-refractivity contribution < 1.29 is 23.8 Å². The van der Waals surface area contributed by atoms with Crippen LogP contribution in [-0.2, 0) is 16.0 Å². The number of nitrogens with zero attached hydrogens (tertiary/aromatic N) is 1. The third-order valence-corrected chi connectivity index (χ3v) is 5.75. The van der Waals surface area contributed by atoms with Gasteiger partial charge in [0, 0.05) is 11.3 Å². The van der Waals surface area contributed by atoms with E-state index in [0.29, 0.717) is 23.6 Å². The molecule has 0 radical (unpaired) electrons. The summed E-state index contributed by atoms with van der Waals surface area (Å²) in [4.78, 5) is 27.5. The van der Waals surface area contributed by atoms with Gasteiger partial charge in [-0.05, 0) is 67.8 Å². The molecule has 1 fully saturated rings. The lowest BCUT2D eigenvalue weighted by Gasteiger charge is -2.23. The molecule has 1 amide bonds. The quantitative estimate of drug-likeness (QED) is 0.386. The second-order valence-electron chi connectivity index (χ2n) is 7.79. The molecule has 1 aromatic heterocycles. The summed E-state index contributed by atoms with van der Waals surface area (Å²) in [6.45, 7) is 2.61. The van der Waals surface area contributed by atoms with Crippen LogP contribution in [-0.4, -0.2) is 23.4 Å². The van der Waals surface area contributed by atoms with Gasteiger partial charge in [0.15, 0.2) is 0 Å². The summed E-state index contributed by atoms with van der Waals surface area (Å²) in [7, 11) is 0. The number of fused-ring (bicyclic) bond motifs is 1. The zero-order valence-electron chi connectivity index (χ0n) is 17.0. The smallest absolute Gasteiger partial charge is 0.300 e. The van der Waals surface area contributed by atoms with E-state index >= 15 is 0 Å². The maximum atomic E-state index is 13.1. The Kier molecular flexibility index (Phi) is 4.62. The van der Waals surface area contributed by atoms with Gasteiger partial charge in [0.25, 0.3) is 11.7 Å². The standard InChI is InChI=1S/C25H21NO5/c1-15-6-9-18(10-7-15)26-22(20-5-3-13-31-20)21(24(28)25(26)29)23(27)17-8-11-19-16(14-17)4-2-12-30-19/h3,5-11,13-14,22,27H,2,4,12H2,1H3/b23-21-. The Morgan fingerprint density at radius 3 is 2.65 bits per heavy atom. The van der Waals surface area contributed by atoms with Crippen molar-refractivity contribution in [3.05, 3.63) is 88.9 Å². The molecule has 5 rings (SSSR count). The van der Waals surface area contributed by atoms with Gasteiger partial charge in [-0.1, -0.05) is 17.7 Å². The number of benzene rings is 2. The Morgan fingerprint density at radius 2 is 1.90 bits per heavy atom. The third kappa shape index (κ3) is 3.20. The van der Waals surface area contributed by atoms with Crippen LogP contribution in [0, 0.1) is 6.92 Å². The molecule has 3 aromatic rings. The van der Waals surface area contributed by atoms with E-state index < -0.39 is 17.7 Å². The van der Waals surface area contributed by atoms with Crippen molar-refractivity contribution in [2.75, 3.05) is 11.5 Å². The topological polar surface area (TPSA) is 80.0 Å². The maximum Gasteiger partial charge on any atom is 0.300 e. The van der Waals surface area contributed by atoms with Gasteiger partial charge >= 0.3 is 0 Å². The lowest BCUT2D eigenvalue weighted by atomic mass is 9.96. The number of anilines is 1. The Morgan fingerprint density at radius 1 is 1.10 bits per heavy atom. The van der Waals surface area contributed by atoms with Crippen molar-refractivity contribution in [2.45, 2.75) is 25.8 Å². The molecule has 2 aromatic carbocycles. The van der Waals surface area contributed by atoms with Crippen LogP contribution in [0.3, 0.4) is 0 Å². The van der Waals surface area contributed by atoms with Crippen molar-refractivity contribution in [3.63, 3.8) is 0 Å². The van der Waals surface area contributed by atoms with E-state index in [2.05, 4.69) is 0 Å². The van der Waals surface area contributed by atoms with Crippen molar-refractivity contribution in [1.29, 1.82) is 0 Å². The molecule has 0 spiro atoms. The molecule has 6 nitrogen and oxygen atoms in total. The highest BCUT2D eigenvalue weighted by Crippen LogP contribution is 2.42. The van der Waals surface area contributed by atoms with Crippen molar-refractivity contribution in [3.8, 4) is 5.75 Å². The summed E-state index contributed by atoms with van der Waals surface area (Å²) >= 11 is 0. The minimum Gasteiger partial charge on any atom is -0.507 e. The Hall–Kier alpha value is -3.80. The number of carbonyl (C=O) groups is 2. The predicted octanol–water partition coefficient (Wildman–Crippen LogP) is 4.54. The summed E-state index contributed by atoms with van der Waals surface area (Å²) in [5.74, 6) is -0.475. The molecule has 6 heteroatoms. The lowest BCUT2D eigenvalue weighted by Crippen LogP contribution is -2.29. The van der Waals surface area contributed by atoms with Crippen LogP contribution in [0.5, 0.6) is 5.75 Å². The molecular formula is C25H21NO5. The van der Waals surface area contributed by atoms with Gasteiger partial charge < -0.3 is 14.3 Å². The van der Waals surface area contributed by atoms with Crippen LogP contribution >= 0.6 is 0 Å². The van der Waals surface area contributed by atoms with Crippen LogP contribution in [0.15, 0.2) is 70.9 Å². The average molecular weight is 415 g/mol. The summed E-state index contributed by atoms with van der Waals surface area (Å²) in [6, 6.07) is 15.2. The molecule has 0 aliphatic carbocycles. The Balaban J connectivity index is 1.66. The number of ketones is 1. The normalized spacial score (nSPS) is 19.9. The second-order valence-corrected chi connectivity index (χ2v) is 7.79. The first kappa shape index (κ1) is 19.2. The molecule has 1 atom stereocenters. The van der Waals surface area contributed by atoms with Crippen LogP contribution < -0.4 is 9.64 Å². The number of amides is 1. The lowest BCUT2D eigenvalue weighted by molar-refractivity contribution is -0.132. The van der Waals surface area contributed by atoms with Gasteiger partial charge in [0.05, 0.1) is 18.4 Å². The SMILES string of the molecule is Cc1ccc(N2C(=O)C(=O)/C(=C(\O)c3ccc4c(c3)CCCO4)C2c2ccco2)cc1. The number of ether oxygens (including phenoxy) is 1. The minimum atomic E-state index is -0.856. The van der Waals surface area contributed by atoms with Gasteiger partial charge in [0.2, 0.25) is 0 Å². The molecule has 31 heavy (non-hydrogen) atoms. The van der Waals surface area contributed by atoms with E-state index in [9.17, 15) is 14.7 Å². The number of aryl methyl sites for hydroxylation is 2. The average Bonchev–Trinajstić information content (AvgIpc) is 3.41. The Bertz CT molecular complexity index is 1190. The fraction of sp³-hybridized carbons (Fsp3) is 0.200. The maximum absolute atomic E-state index is 13.1. The van der Waals surface area contributed by atoms with Gasteiger partial charge in [-0.2, -0.15) is 0 Å². The van der Waals surface area contributed by atoms with Crippen molar-refractivity contribution >= 4 is 23.1 Å². The van der Waals surface area contributed by atoms with Gasteiger partial charge in [0.1, 0.15) is 23.3 Å². The zero-order valence-corrected chi connectivity index (χ0v) is 17.0. The highest BCUT2D eigenvalue weighted by atomic mass is 16.5. The molecule has 1 unspecified atom stereocenters. The molecule has 0 bridgehead atoms. The van der Waals surface area contributed by atoms with Crippen LogP contribution in [0.4, 0.5) is 5.69 Å². The largest absolute Gasteiger partial charge is 0.507 e. The zero-order chi connectivity index (χ0) is 21.5. The summed E-state index contributed by atoms with van der Waals surface area (Å²) in [5.41, 5.74) is 3.05. The van der Waals surface area contributed by atoms with E-state index in [0.717, 1.165) is 29.7 Å². The molecule has 2 aliphatic heterocycles.